The highest BCUT2D eigenvalue weighted by atomic mass is 32.1. The number of hydrogen-bond donors (Lipinski definition) is 2. The van der Waals surface area contributed by atoms with Crippen molar-refractivity contribution in [3.63, 3.8) is 0 Å². The van der Waals surface area contributed by atoms with E-state index >= 15 is 0 Å². The third kappa shape index (κ3) is 2.79. The van der Waals surface area contributed by atoms with Crippen LogP contribution in [0.25, 0.3) is 10.2 Å². The molecule has 2 aromatic heterocycles. The van der Waals surface area contributed by atoms with Crippen LogP contribution in [0, 0.1) is 0 Å². The number of rotatable bonds is 4. The molecule has 20 heavy (non-hydrogen) atoms. The van der Waals surface area contributed by atoms with Crippen molar-refractivity contribution in [3.05, 3.63) is 17.3 Å². The summed E-state index contributed by atoms with van der Waals surface area (Å²) in [6.45, 7) is 2.18. The lowest BCUT2D eigenvalue weighted by Crippen LogP contribution is -2.35. The number of nitrogens with zero attached hydrogens (tertiary/aromatic N) is 2. The quantitative estimate of drug-likeness (QED) is 0.908. The summed E-state index contributed by atoms with van der Waals surface area (Å²) in [5.74, 6) is 1.01. The molecule has 0 aromatic carbocycles. The second kappa shape index (κ2) is 6.06. The smallest absolute Gasteiger partial charge is 0.138 e. The molecule has 1 saturated carbocycles. The van der Waals surface area contributed by atoms with Gasteiger partial charge in [-0.15, -0.1) is 11.3 Å². The summed E-state index contributed by atoms with van der Waals surface area (Å²) in [5, 5.41) is 8.20. The first-order valence-corrected chi connectivity index (χ1v) is 8.29. The van der Waals surface area contributed by atoms with Crippen LogP contribution in [0.2, 0.25) is 0 Å². The largest absolute Gasteiger partial charge is 0.367 e. The molecule has 0 atom stereocenters. The van der Waals surface area contributed by atoms with Gasteiger partial charge in [0.05, 0.1) is 5.39 Å². The van der Waals surface area contributed by atoms with Crippen LogP contribution < -0.4 is 10.6 Å². The van der Waals surface area contributed by atoms with Crippen molar-refractivity contribution in [3.8, 4) is 0 Å². The first kappa shape index (κ1) is 13.8. The van der Waals surface area contributed by atoms with Gasteiger partial charge in [0.1, 0.15) is 17.0 Å². The van der Waals surface area contributed by atoms with Crippen molar-refractivity contribution in [2.24, 2.45) is 0 Å². The van der Waals surface area contributed by atoms with E-state index in [4.69, 9.17) is 0 Å². The number of thiophene rings is 1. The molecule has 5 heteroatoms. The highest BCUT2D eigenvalue weighted by Crippen LogP contribution is 2.30. The number of hydrogen-bond acceptors (Lipinski definition) is 5. The van der Waals surface area contributed by atoms with Crippen molar-refractivity contribution >= 4 is 27.4 Å². The first-order valence-electron chi connectivity index (χ1n) is 7.47. The normalized spacial score (nSPS) is 23.1. The molecule has 1 aliphatic carbocycles. The van der Waals surface area contributed by atoms with Gasteiger partial charge in [0.2, 0.25) is 0 Å². The molecule has 0 spiro atoms. The summed E-state index contributed by atoms with van der Waals surface area (Å²) >= 11 is 1.78. The molecule has 0 saturated heterocycles. The predicted octanol–water partition coefficient (Wildman–Crippen LogP) is 3.20. The summed E-state index contributed by atoms with van der Waals surface area (Å²) in [5.41, 5.74) is 0. The number of anilines is 1. The molecule has 0 aliphatic heterocycles. The van der Waals surface area contributed by atoms with Gasteiger partial charge in [-0.3, -0.25) is 0 Å². The Hall–Kier alpha value is -1.20. The number of fused-ring (bicyclic) bond motifs is 1. The van der Waals surface area contributed by atoms with Gasteiger partial charge in [-0.05, 0) is 45.2 Å². The summed E-state index contributed by atoms with van der Waals surface area (Å²) in [4.78, 5) is 11.3. The van der Waals surface area contributed by atoms with Crippen molar-refractivity contribution < 1.29 is 0 Å². The zero-order valence-electron chi connectivity index (χ0n) is 12.1. The van der Waals surface area contributed by atoms with Gasteiger partial charge in [-0.1, -0.05) is 6.92 Å². The Morgan fingerprint density at radius 1 is 1.20 bits per heavy atom. The van der Waals surface area contributed by atoms with Crippen molar-refractivity contribution in [1.82, 2.24) is 15.3 Å². The van der Waals surface area contributed by atoms with Crippen LogP contribution >= 0.6 is 11.3 Å². The highest BCUT2D eigenvalue weighted by Gasteiger charge is 2.21. The molecule has 0 unspecified atom stereocenters. The van der Waals surface area contributed by atoms with Crippen LogP contribution in [0.15, 0.2) is 12.4 Å². The van der Waals surface area contributed by atoms with E-state index in [9.17, 15) is 0 Å². The Balaban J connectivity index is 1.76. The van der Waals surface area contributed by atoms with Crippen molar-refractivity contribution in [1.29, 1.82) is 0 Å². The molecule has 0 amide bonds. The third-order valence-corrected chi connectivity index (χ3v) is 5.39. The van der Waals surface area contributed by atoms with Crippen LogP contribution in [0.4, 0.5) is 5.82 Å². The maximum absolute atomic E-state index is 4.46. The second-order valence-electron chi connectivity index (χ2n) is 5.49. The number of aromatic nitrogens is 2. The number of nitrogens with one attached hydrogen (secondary N) is 2. The van der Waals surface area contributed by atoms with E-state index in [2.05, 4.69) is 40.6 Å². The van der Waals surface area contributed by atoms with Gasteiger partial charge in [-0.25, -0.2) is 9.97 Å². The molecule has 3 rings (SSSR count). The zero-order chi connectivity index (χ0) is 13.9. The SMILES string of the molecule is CCc1cc2c(NC3CCC(NC)CC3)ncnc2s1. The lowest BCUT2D eigenvalue weighted by Gasteiger charge is -2.29. The third-order valence-electron chi connectivity index (χ3n) is 4.21. The summed E-state index contributed by atoms with van der Waals surface area (Å²) in [7, 11) is 2.06. The van der Waals surface area contributed by atoms with Gasteiger partial charge in [0.25, 0.3) is 0 Å². The molecule has 2 N–H and O–H groups in total. The minimum absolute atomic E-state index is 0.544. The number of aryl methyl sites for hydroxylation is 1. The molecule has 0 bridgehead atoms. The average molecular weight is 290 g/mol. The van der Waals surface area contributed by atoms with E-state index in [-0.39, 0.29) is 0 Å². The Bertz CT molecular complexity index is 572. The minimum Gasteiger partial charge on any atom is -0.367 e. The topological polar surface area (TPSA) is 49.8 Å². The van der Waals surface area contributed by atoms with E-state index in [0.29, 0.717) is 12.1 Å². The van der Waals surface area contributed by atoms with Crippen LogP contribution in [-0.4, -0.2) is 29.1 Å². The Kier molecular flexibility index (Phi) is 4.17. The molecule has 2 aromatic rings. The van der Waals surface area contributed by atoms with E-state index in [0.717, 1.165) is 17.1 Å². The maximum atomic E-state index is 4.46. The Labute approximate surface area is 124 Å². The zero-order valence-corrected chi connectivity index (χ0v) is 13.0. The van der Waals surface area contributed by atoms with Crippen LogP contribution in [0.1, 0.15) is 37.5 Å². The minimum atomic E-state index is 0.544. The predicted molar refractivity (Wildman–Crippen MR) is 85.5 cm³/mol. The fourth-order valence-corrected chi connectivity index (χ4v) is 3.85. The van der Waals surface area contributed by atoms with Gasteiger partial charge in [0, 0.05) is 17.0 Å². The molecule has 1 aliphatic rings. The average Bonchev–Trinajstić information content (AvgIpc) is 2.92. The van der Waals surface area contributed by atoms with Gasteiger partial charge in [0.15, 0.2) is 0 Å². The Morgan fingerprint density at radius 3 is 2.65 bits per heavy atom. The summed E-state index contributed by atoms with van der Waals surface area (Å²) < 4.78 is 0. The van der Waals surface area contributed by atoms with Gasteiger partial charge >= 0.3 is 0 Å². The molecule has 1 fully saturated rings. The van der Waals surface area contributed by atoms with E-state index in [1.165, 1.54) is 35.9 Å². The second-order valence-corrected chi connectivity index (χ2v) is 6.60. The van der Waals surface area contributed by atoms with E-state index < -0.39 is 0 Å². The van der Waals surface area contributed by atoms with Crippen LogP contribution in [0.5, 0.6) is 0 Å². The van der Waals surface area contributed by atoms with E-state index in [1.54, 1.807) is 17.7 Å². The summed E-state index contributed by atoms with van der Waals surface area (Å²) in [6, 6.07) is 3.47. The van der Waals surface area contributed by atoms with Crippen LogP contribution in [-0.2, 0) is 6.42 Å². The molecular formula is C15H22N4S. The van der Waals surface area contributed by atoms with Gasteiger partial charge in [-0.2, -0.15) is 0 Å². The Morgan fingerprint density at radius 2 is 1.95 bits per heavy atom. The van der Waals surface area contributed by atoms with Crippen LogP contribution in [0.3, 0.4) is 0 Å². The summed E-state index contributed by atoms with van der Waals surface area (Å²) in [6.07, 6.45) is 7.65. The molecule has 0 radical (unpaired) electrons. The highest BCUT2D eigenvalue weighted by molar-refractivity contribution is 7.18. The molecule has 2 heterocycles. The molecule has 4 nitrogen and oxygen atoms in total. The van der Waals surface area contributed by atoms with E-state index in [1.807, 2.05) is 0 Å². The maximum Gasteiger partial charge on any atom is 0.138 e. The lowest BCUT2D eigenvalue weighted by molar-refractivity contribution is 0.371. The molecular weight excluding hydrogens is 268 g/mol. The fraction of sp³-hybridized carbons (Fsp3) is 0.600. The molecule has 108 valence electrons. The fourth-order valence-electron chi connectivity index (χ4n) is 2.91. The van der Waals surface area contributed by atoms with Gasteiger partial charge < -0.3 is 10.6 Å². The first-order chi connectivity index (χ1) is 9.80. The van der Waals surface area contributed by atoms with Crippen molar-refractivity contribution in [2.75, 3.05) is 12.4 Å². The standard InChI is InChI=1S/C15H22N4S/c1-3-12-8-13-14(17-9-18-15(13)20-12)19-11-6-4-10(16-2)5-7-11/h8-11,16H,3-7H2,1-2H3,(H,17,18,19). The lowest BCUT2D eigenvalue weighted by atomic mass is 9.91. The van der Waals surface area contributed by atoms with Crippen molar-refractivity contribution in [2.45, 2.75) is 51.1 Å². The monoisotopic (exact) mass is 290 g/mol.